The first-order valence-electron chi connectivity index (χ1n) is 8.25. The molecule has 3 rings (SSSR count). The largest absolute Gasteiger partial charge is 0.386 e. The summed E-state index contributed by atoms with van der Waals surface area (Å²) in [6.45, 7) is 0.124. The maximum atomic E-state index is 12.9. The topological polar surface area (TPSA) is 70.6 Å². The summed E-state index contributed by atoms with van der Waals surface area (Å²) in [5.74, 6) is -0.0559. The summed E-state index contributed by atoms with van der Waals surface area (Å²) in [7, 11) is 0. The fraction of sp³-hybridized carbons (Fsp3) is 0.316. The van der Waals surface area contributed by atoms with E-state index in [2.05, 4.69) is 16.4 Å². The van der Waals surface area contributed by atoms with Crippen LogP contribution in [0.25, 0.3) is 0 Å². The lowest BCUT2D eigenvalue weighted by molar-refractivity contribution is 0.187. The van der Waals surface area contributed by atoms with Crippen LogP contribution in [0.4, 0.5) is 10.1 Å². The second-order valence-electron chi connectivity index (χ2n) is 6.07. The maximum absolute atomic E-state index is 12.9. The predicted molar refractivity (Wildman–Crippen MR) is 94.6 cm³/mol. The van der Waals surface area contributed by atoms with E-state index in [4.69, 9.17) is 5.73 Å². The van der Waals surface area contributed by atoms with Crippen molar-refractivity contribution in [2.45, 2.75) is 31.8 Å². The van der Waals surface area contributed by atoms with Gasteiger partial charge in [-0.3, -0.25) is 4.99 Å². The van der Waals surface area contributed by atoms with Crippen molar-refractivity contribution in [2.75, 3.05) is 11.9 Å². The number of aliphatic hydroxyl groups is 1. The van der Waals surface area contributed by atoms with Gasteiger partial charge in [-0.1, -0.05) is 24.3 Å². The average molecular weight is 327 g/mol. The lowest BCUT2D eigenvalue weighted by atomic mass is 9.90. The summed E-state index contributed by atoms with van der Waals surface area (Å²) >= 11 is 0. The molecule has 0 saturated carbocycles. The summed E-state index contributed by atoms with van der Waals surface area (Å²) in [6, 6.07) is 11.9. The number of nitrogens with two attached hydrogens (primary N) is 1. The zero-order valence-electron chi connectivity index (χ0n) is 13.5. The minimum Gasteiger partial charge on any atom is -0.386 e. The smallest absolute Gasteiger partial charge is 0.193 e. The molecule has 0 unspecified atom stereocenters. The summed E-state index contributed by atoms with van der Waals surface area (Å²) in [5, 5.41) is 13.2. The SMILES string of the molecule is NC(=NC[C@@H](O)c1ccc(F)cc1)Nc1cccc2c1CCCC2. The van der Waals surface area contributed by atoms with Gasteiger partial charge in [0.25, 0.3) is 0 Å². The van der Waals surface area contributed by atoms with Crippen molar-refractivity contribution in [1.29, 1.82) is 0 Å². The second-order valence-corrected chi connectivity index (χ2v) is 6.07. The van der Waals surface area contributed by atoms with Crippen LogP contribution < -0.4 is 11.1 Å². The van der Waals surface area contributed by atoms with Gasteiger partial charge in [0.1, 0.15) is 5.82 Å². The number of aliphatic hydroxyl groups excluding tert-OH is 1. The van der Waals surface area contributed by atoms with Crippen molar-refractivity contribution in [1.82, 2.24) is 0 Å². The summed E-state index contributed by atoms with van der Waals surface area (Å²) in [6.07, 6.45) is 3.75. The number of nitrogens with one attached hydrogen (secondary N) is 1. The third-order valence-electron chi connectivity index (χ3n) is 4.35. The number of hydrogen-bond acceptors (Lipinski definition) is 2. The van der Waals surface area contributed by atoms with Gasteiger partial charge in [-0.15, -0.1) is 0 Å². The van der Waals surface area contributed by atoms with Crippen LogP contribution in [0.15, 0.2) is 47.5 Å². The molecule has 5 heteroatoms. The number of halogens is 1. The fourth-order valence-electron chi connectivity index (χ4n) is 3.05. The molecule has 0 aliphatic heterocycles. The minimum atomic E-state index is -0.810. The molecule has 0 saturated heterocycles. The zero-order chi connectivity index (χ0) is 16.9. The van der Waals surface area contributed by atoms with Gasteiger partial charge in [0, 0.05) is 5.69 Å². The van der Waals surface area contributed by atoms with Crippen molar-refractivity contribution in [3.8, 4) is 0 Å². The van der Waals surface area contributed by atoms with E-state index in [0.29, 0.717) is 5.56 Å². The van der Waals surface area contributed by atoms with Crippen LogP contribution in [-0.2, 0) is 12.8 Å². The Morgan fingerprint density at radius 3 is 2.71 bits per heavy atom. The van der Waals surface area contributed by atoms with E-state index < -0.39 is 6.10 Å². The van der Waals surface area contributed by atoms with Crippen LogP contribution >= 0.6 is 0 Å². The Morgan fingerprint density at radius 1 is 1.17 bits per heavy atom. The molecule has 24 heavy (non-hydrogen) atoms. The molecule has 1 atom stereocenters. The van der Waals surface area contributed by atoms with Gasteiger partial charge in [-0.05, 0) is 60.6 Å². The minimum absolute atomic E-state index is 0.124. The standard InChI is InChI=1S/C19H22FN3O/c20-15-10-8-14(9-11-15)18(24)12-22-19(21)23-17-7-3-5-13-4-1-2-6-16(13)17/h3,5,7-11,18,24H,1-2,4,6,12H2,(H3,21,22,23)/t18-/m1/s1. The summed E-state index contributed by atoms with van der Waals surface area (Å²) in [5.41, 5.74) is 10.2. The monoisotopic (exact) mass is 327 g/mol. The van der Waals surface area contributed by atoms with E-state index in [1.54, 1.807) is 12.1 Å². The molecule has 0 bridgehead atoms. The second kappa shape index (κ2) is 7.45. The van der Waals surface area contributed by atoms with Gasteiger partial charge < -0.3 is 16.2 Å². The molecular formula is C19H22FN3O. The third-order valence-corrected chi connectivity index (χ3v) is 4.35. The van der Waals surface area contributed by atoms with Gasteiger partial charge in [0.05, 0.1) is 12.6 Å². The highest BCUT2D eigenvalue weighted by molar-refractivity contribution is 5.93. The Labute approximate surface area is 141 Å². The molecule has 4 N–H and O–H groups in total. The first-order chi connectivity index (χ1) is 11.6. The zero-order valence-corrected chi connectivity index (χ0v) is 13.5. The third kappa shape index (κ3) is 3.92. The summed E-state index contributed by atoms with van der Waals surface area (Å²) < 4.78 is 12.9. The molecule has 4 nitrogen and oxygen atoms in total. The Morgan fingerprint density at radius 2 is 1.92 bits per heavy atom. The van der Waals surface area contributed by atoms with Crippen molar-refractivity contribution >= 4 is 11.6 Å². The number of rotatable bonds is 4. The molecule has 2 aromatic carbocycles. The molecule has 0 heterocycles. The highest BCUT2D eigenvalue weighted by Crippen LogP contribution is 2.27. The van der Waals surface area contributed by atoms with Gasteiger partial charge in [-0.25, -0.2) is 4.39 Å². The Kier molecular flexibility index (Phi) is 5.11. The molecule has 0 amide bonds. The van der Waals surface area contributed by atoms with E-state index in [1.807, 2.05) is 12.1 Å². The van der Waals surface area contributed by atoms with E-state index in [9.17, 15) is 9.50 Å². The molecule has 1 aliphatic carbocycles. The molecule has 0 spiro atoms. The van der Waals surface area contributed by atoms with Crippen molar-refractivity contribution in [3.05, 3.63) is 65.0 Å². The molecule has 1 aliphatic rings. The first-order valence-corrected chi connectivity index (χ1v) is 8.25. The summed E-state index contributed by atoms with van der Waals surface area (Å²) in [4.78, 5) is 4.21. The average Bonchev–Trinajstić information content (AvgIpc) is 2.61. The molecule has 2 aromatic rings. The Balaban J connectivity index is 1.65. The van der Waals surface area contributed by atoms with Gasteiger partial charge in [0.15, 0.2) is 5.96 Å². The van der Waals surface area contributed by atoms with Crippen molar-refractivity contribution < 1.29 is 9.50 Å². The molecule has 0 fully saturated rings. The lowest BCUT2D eigenvalue weighted by Gasteiger charge is -2.20. The molecule has 126 valence electrons. The number of anilines is 1. The number of benzene rings is 2. The quantitative estimate of drug-likeness (QED) is 0.597. The van der Waals surface area contributed by atoms with Crippen LogP contribution in [0.2, 0.25) is 0 Å². The number of aryl methyl sites for hydroxylation is 1. The van der Waals surface area contributed by atoms with E-state index in [-0.39, 0.29) is 18.3 Å². The van der Waals surface area contributed by atoms with Crippen LogP contribution in [0, 0.1) is 5.82 Å². The fourth-order valence-corrected chi connectivity index (χ4v) is 3.05. The normalized spacial score (nSPS) is 15.7. The number of nitrogens with zero attached hydrogens (tertiary/aromatic N) is 1. The highest BCUT2D eigenvalue weighted by Gasteiger charge is 2.13. The highest BCUT2D eigenvalue weighted by atomic mass is 19.1. The van der Waals surface area contributed by atoms with Gasteiger partial charge >= 0.3 is 0 Å². The lowest BCUT2D eigenvalue weighted by Crippen LogP contribution is -2.25. The van der Waals surface area contributed by atoms with E-state index in [0.717, 1.165) is 18.5 Å². The van der Waals surface area contributed by atoms with Crippen molar-refractivity contribution in [3.63, 3.8) is 0 Å². The number of hydrogen-bond donors (Lipinski definition) is 3. The number of guanidine groups is 1. The number of aliphatic imine (C=N–C) groups is 1. The van der Waals surface area contributed by atoms with Crippen LogP contribution in [0.1, 0.15) is 35.6 Å². The number of fused-ring (bicyclic) bond motifs is 1. The van der Waals surface area contributed by atoms with Crippen LogP contribution in [0.3, 0.4) is 0 Å². The van der Waals surface area contributed by atoms with Crippen molar-refractivity contribution in [2.24, 2.45) is 10.7 Å². The van der Waals surface area contributed by atoms with E-state index in [1.165, 1.54) is 36.1 Å². The van der Waals surface area contributed by atoms with Gasteiger partial charge in [0.2, 0.25) is 0 Å². The van der Waals surface area contributed by atoms with Crippen LogP contribution in [-0.4, -0.2) is 17.6 Å². The Hall–Kier alpha value is -2.40. The van der Waals surface area contributed by atoms with Crippen LogP contribution in [0.5, 0.6) is 0 Å². The molecular weight excluding hydrogens is 305 g/mol. The molecule has 0 aromatic heterocycles. The maximum Gasteiger partial charge on any atom is 0.193 e. The predicted octanol–water partition coefficient (Wildman–Crippen LogP) is 3.16. The molecule has 0 radical (unpaired) electrons. The van der Waals surface area contributed by atoms with Gasteiger partial charge in [-0.2, -0.15) is 0 Å². The van der Waals surface area contributed by atoms with E-state index >= 15 is 0 Å². The first kappa shape index (κ1) is 16.5. The Bertz CT molecular complexity index is 728.